The Hall–Kier alpha value is -1.65. The Labute approximate surface area is 111 Å². The molecule has 1 heterocycles. The largest absolute Gasteiger partial charge is 0.495 e. The lowest BCUT2D eigenvalue weighted by atomic mass is 10.0. The normalized spacial score (nSPS) is 12.2. The summed E-state index contributed by atoms with van der Waals surface area (Å²) >= 11 is 5.98. The highest BCUT2D eigenvalue weighted by atomic mass is 35.5. The Kier molecular flexibility index (Phi) is 3.79. The van der Waals surface area contributed by atoms with Gasteiger partial charge in [-0.3, -0.25) is 0 Å². The molecule has 0 fully saturated rings. The minimum Gasteiger partial charge on any atom is -0.495 e. The molecule has 2 rings (SSSR count). The summed E-state index contributed by atoms with van der Waals surface area (Å²) in [6.07, 6.45) is 1.70. The lowest BCUT2D eigenvalue weighted by molar-refractivity contribution is 0.414. The van der Waals surface area contributed by atoms with Crippen LogP contribution in [0, 0.1) is 6.92 Å². The van der Waals surface area contributed by atoms with Crippen molar-refractivity contribution in [2.24, 2.45) is 5.73 Å². The maximum Gasteiger partial charge on any atom is 0.137 e. The van der Waals surface area contributed by atoms with Crippen molar-refractivity contribution in [1.82, 2.24) is 9.97 Å². The Morgan fingerprint density at radius 3 is 2.78 bits per heavy atom. The van der Waals surface area contributed by atoms with Gasteiger partial charge in [-0.25, -0.2) is 9.97 Å². The van der Waals surface area contributed by atoms with Crippen molar-refractivity contribution in [1.29, 1.82) is 0 Å². The van der Waals surface area contributed by atoms with E-state index in [2.05, 4.69) is 9.97 Å². The second kappa shape index (κ2) is 5.33. The van der Waals surface area contributed by atoms with Crippen LogP contribution in [0.3, 0.4) is 0 Å². The zero-order chi connectivity index (χ0) is 13.1. The lowest BCUT2D eigenvalue weighted by Gasteiger charge is -2.13. The molecule has 0 aliphatic carbocycles. The quantitative estimate of drug-likeness (QED) is 0.924. The van der Waals surface area contributed by atoms with Crippen LogP contribution >= 0.6 is 11.6 Å². The molecule has 0 aliphatic heterocycles. The van der Waals surface area contributed by atoms with Crippen LogP contribution in [0.4, 0.5) is 0 Å². The van der Waals surface area contributed by atoms with Gasteiger partial charge in [0.2, 0.25) is 0 Å². The van der Waals surface area contributed by atoms with E-state index in [0.717, 1.165) is 11.3 Å². The molecule has 1 aromatic carbocycles. The van der Waals surface area contributed by atoms with E-state index in [-0.39, 0.29) is 6.04 Å². The van der Waals surface area contributed by atoms with Gasteiger partial charge in [0, 0.05) is 6.20 Å². The topological polar surface area (TPSA) is 61.0 Å². The fraction of sp³-hybridized carbons (Fsp3) is 0.231. The van der Waals surface area contributed by atoms with E-state index < -0.39 is 0 Å². The summed E-state index contributed by atoms with van der Waals surface area (Å²) in [5.74, 6) is 1.30. The fourth-order valence-electron chi connectivity index (χ4n) is 1.69. The first-order valence-corrected chi connectivity index (χ1v) is 5.88. The van der Waals surface area contributed by atoms with Crippen LogP contribution in [0.5, 0.6) is 5.75 Å². The Balaban J connectivity index is 2.36. The van der Waals surface area contributed by atoms with Crippen molar-refractivity contribution in [2.45, 2.75) is 13.0 Å². The van der Waals surface area contributed by atoms with Crippen molar-refractivity contribution < 1.29 is 4.74 Å². The van der Waals surface area contributed by atoms with Gasteiger partial charge in [0.1, 0.15) is 11.6 Å². The van der Waals surface area contributed by atoms with Crippen LogP contribution in [-0.4, -0.2) is 17.1 Å². The highest BCUT2D eigenvalue weighted by Gasteiger charge is 2.13. The maximum atomic E-state index is 6.17. The van der Waals surface area contributed by atoms with Gasteiger partial charge in [-0.15, -0.1) is 0 Å². The predicted molar refractivity (Wildman–Crippen MR) is 70.8 cm³/mol. The summed E-state index contributed by atoms with van der Waals surface area (Å²) < 4.78 is 5.18. The van der Waals surface area contributed by atoms with Crippen molar-refractivity contribution in [2.75, 3.05) is 7.11 Å². The summed E-state index contributed by atoms with van der Waals surface area (Å²) in [6.45, 7) is 1.83. The van der Waals surface area contributed by atoms with Crippen molar-refractivity contribution in [3.63, 3.8) is 0 Å². The zero-order valence-corrected chi connectivity index (χ0v) is 11.0. The number of hydrogen-bond donors (Lipinski definition) is 1. The monoisotopic (exact) mass is 263 g/mol. The Morgan fingerprint density at radius 2 is 2.11 bits per heavy atom. The average Bonchev–Trinajstić information content (AvgIpc) is 2.38. The van der Waals surface area contributed by atoms with E-state index in [1.807, 2.05) is 19.1 Å². The second-order valence-corrected chi connectivity index (χ2v) is 4.31. The molecule has 4 nitrogen and oxygen atoms in total. The summed E-state index contributed by atoms with van der Waals surface area (Å²) in [5, 5.41) is 0.562. The molecule has 94 valence electrons. The van der Waals surface area contributed by atoms with Gasteiger partial charge in [0.05, 0.1) is 23.9 Å². The molecule has 0 bridgehead atoms. The molecule has 1 unspecified atom stereocenters. The smallest absolute Gasteiger partial charge is 0.137 e. The first-order chi connectivity index (χ1) is 8.61. The molecular weight excluding hydrogens is 250 g/mol. The first-order valence-electron chi connectivity index (χ1n) is 5.50. The number of benzene rings is 1. The number of methoxy groups -OCH3 is 1. The first kappa shape index (κ1) is 12.8. The summed E-state index contributed by atoms with van der Waals surface area (Å²) in [7, 11) is 1.57. The third-order valence-corrected chi connectivity index (χ3v) is 2.96. The van der Waals surface area contributed by atoms with Crippen molar-refractivity contribution in [3.05, 3.63) is 52.6 Å². The molecule has 18 heavy (non-hydrogen) atoms. The number of ether oxygens (including phenoxy) is 1. The molecule has 2 aromatic rings. The molecule has 5 heteroatoms. The molecule has 1 atom stereocenters. The van der Waals surface area contributed by atoms with Crippen LogP contribution in [0.2, 0.25) is 5.02 Å². The van der Waals surface area contributed by atoms with Gasteiger partial charge in [-0.2, -0.15) is 0 Å². The molecule has 0 saturated carbocycles. The number of aromatic nitrogens is 2. The molecule has 0 amide bonds. The van der Waals surface area contributed by atoms with Gasteiger partial charge in [0.25, 0.3) is 0 Å². The number of nitrogens with zero attached hydrogens (tertiary/aromatic N) is 2. The highest BCUT2D eigenvalue weighted by molar-refractivity contribution is 6.32. The molecular formula is C13H14ClN3O. The molecule has 1 aromatic heterocycles. The van der Waals surface area contributed by atoms with E-state index in [9.17, 15) is 0 Å². The SMILES string of the molecule is COc1cc(C(N)c2ccnc(C)n2)ccc1Cl. The Bertz CT molecular complexity index is 560. The van der Waals surface area contributed by atoms with Crippen molar-refractivity contribution >= 4 is 11.6 Å². The number of nitrogens with two attached hydrogens (primary N) is 1. The number of halogens is 1. The van der Waals surface area contributed by atoms with Gasteiger partial charge in [-0.05, 0) is 30.7 Å². The van der Waals surface area contributed by atoms with Crippen LogP contribution in [-0.2, 0) is 0 Å². The van der Waals surface area contributed by atoms with Crippen LogP contribution in [0.25, 0.3) is 0 Å². The van der Waals surface area contributed by atoms with E-state index >= 15 is 0 Å². The number of hydrogen-bond acceptors (Lipinski definition) is 4. The third kappa shape index (κ3) is 2.60. The molecule has 2 N–H and O–H groups in total. The van der Waals surface area contributed by atoms with E-state index in [4.69, 9.17) is 22.1 Å². The van der Waals surface area contributed by atoms with E-state index in [1.165, 1.54) is 0 Å². The second-order valence-electron chi connectivity index (χ2n) is 3.90. The van der Waals surface area contributed by atoms with Gasteiger partial charge < -0.3 is 10.5 Å². The molecule has 0 spiro atoms. The van der Waals surface area contributed by atoms with Crippen LogP contribution < -0.4 is 10.5 Å². The Morgan fingerprint density at radius 1 is 1.33 bits per heavy atom. The maximum absolute atomic E-state index is 6.17. The number of rotatable bonds is 3. The minimum atomic E-state index is -0.321. The van der Waals surface area contributed by atoms with Gasteiger partial charge >= 0.3 is 0 Å². The zero-order valence-electron chi connectivity index (χ0n) is 10.2. The average molecular weight is 264 g/mol. The van der Waals surface area contributed by atoms with E-state index in [0.29, 0.717) is 16.6 Å². The van der Waals surface area contributed by atoms with Crippen LogP contribution in [0.1, 0.15) is 23.1 Å². The van der Waals surface area contributed by atoms with Gasteiger partial charge in [0.15, 0.2) is 0 Å². The van der Waals surface area contributed by atoms with E-state index in [1.54, 1.807) is 25.4 Å². The highest BCUT2D eigenvalue weighted by Crippen LogP contribution is 2.28. The molecule has 0 saturated heterocycles. The summed E-state index contributed by atoms with van der Waals surface area (Å²) in [4.78, 5) is 8.37. The van der Waals surface area contributed by atoms with Gasteiger partial charge in [-0.1, -0.05) is 17.7 Å². The van der Waals surface area contributed by atoms with Crippen LogP contribution in [0.15, 0.2) is 30.5 Å². The molecule has 0 radical (unpaired) electrons. The fourth-order valence-corrected chi connectivity index (χ4v) is 1.88. The summed E-state index contributed by atoms with van der Waals surface area (Å²) in [5.41, 5.74) is 7.84. The predicted octanol–water partition coefficient (Wildman–Crippen LogP) is 2.50. The third-order valence-electron chi connectivity index (χ3n) is 2.65. The lowest BCUT2D eigenvalue weighted by Crippen LogP contribution is -2.14. The summed E-state index contributed by atoms with van der Waals surface area (Å²) in [6, 6.07) is 6.94. The molecule has 0 aliphatic rings. The standard InChI is InChI=1S/C13H14ClN3O/c1-8-16-6-5-11(17-8)13(15)9-3-4-10(14)12(7-9)18-2/h3-7,13H,15H2,1-2H3. The minimum absolute atomic E-state index is 0.321. The number of aryl methyl sites for hydroxylation is 1. The van der Waals surface area contributed by atoms with Crippen molar-refractivity contribution in [3.8, 4) is 5.75 Å².